The summed E-state index contributed by atoms with van der Waals surface area (Å²) in [6.07, 6.45) is -0.174. The van der Waals surface area contributed by atoms with Gasteiger partial charge in [0.25, 0.3) is 0 Å². The average Bonchev–Trinajstić information content (AvgIpc) is 2.31. The Kier molecular flexibility index (Phi) is 2.26. The van der Waals surface area contributed by atoms with Crippen LogP contribution in [0.3, 0.4) is 0 Å². The van der Waals surface area contributed by atoms with Crippen molar-refractivity contribution < 1.29 is 19.7 Å². The summed E-state index contributed by atoms with van der Waals surface area (Å²) in [5, 5.41) is 17.5. The molecular weight excluding hydrogens is 148 g/mol. The fraction of sp³-hybridized carbons (Fsp3) is 0.571. The highest BCUT2D eigenvalue weighted by atomic mass is 16.6. The molecule has 0 unspecified atom stereocenters. The molecule has 0 amide bonds. The van der Waals surface area contributed by atoms with Crippen LogP contribution in [0.25, 0.3) is 0 Å². The van der Waals surface area contributed by atoms with Gasteiger partial charge in [0.1, 0.15) is 12.2 Å². The number of carbonyl (C=O) groups is 1. The molecule has 1 rings (SSSR count). The van der Waals surface area contributed by atoms with Gasteiger partial charge in [-0.2, -0.15) is 0 Å². The molecule has 0 spiro atoms. The Bertz CT molecular complexity index is 197. The summed E-state index contributed by atoms with van der Waals surface area (Å²) in [5.74, 6) is -0.428. The molecule has 1 aliphatic rings. The molecule has 0 saturated heterocycles. The number of aliphatic hydroxyl groups excluding tert-OH is 2. The standard InChI is InChI=1S/C7H10O4/c1-4-2-6(5(9)3-8)11-7(4)10/h2,5-6,8-9H,3H2,1H3/t5-,6+/m1/s1. The van der Waals surface area contributed by atoms with Gasteiger partial charge in [0.2, 0.25) is 0 Å². The lowest BCUT2D eigenvalue weighted by molar-refractivity contribution is -0.144. The van der Waals surface area contributed by atoms with E-state index in [4.69, 9.17) is 10.2 Å². The van der Waals surface area contributed by atoms with Crippen LogP contribution >= 0.6 is 0 Å². The van der Waals surface area contributed by atoms with Crippen LogP contribution in [0.4, 0.5) is 0 Å². The topological polar surface area (TPSA) is 66.8 Å². The Hall–Kier alpha value is -0.870. The summed E-state index contributed by atoms with van der Waals surface area (Å²) in [7, 11) is 0. The first-order chi connectivity index (χ1) is 5.15. The smallest absolute Gasteiger partial charge is 0.334 e. The number of carbonyl (C=O) groups excluding carboxylic acids is 1. The van der Waals surface area contributed by atoms with Gasteiger partial charge in [-0.15, -0.1) is 0 Å². The zero-order chi connectivity index (χ0) is 8.43. The zero-order valence-corrected chi connectivity index (χ0v) is 6.15. The molecule has 11 heavy (non-hydrogen) atoms. The van der Waals surface area contributed by atoms with Crippen molar-refractivity contribution in [3.63, 3.8) is 0 Å². The highest BCUT2D eigenvalue weighted by Crippen LogP contribution is 2.15. The number of aliphatic hydroxyl groups is 2. The van der Waals surface area contributed by atoms with E-state index in [0.29, 0.717) is 5.57 Å². The summed E-state index contributed by atoms with van der Waals surface area (Å²) < 4.78 is 4.68. The normalized spacial score (nSPS) is 26.3. The molecule has 2 N–H and O–H groups in total. The third kappa shape index (κ3) is 1.58. The largest absolute Gasteiger partial charge is 0.452 e. The summed E-state index contributed by atoms with van der Waals surface area (Å²) in [5.41, 5.74) is 0.475. The minimum absolute atomic E-state index is 0.401. The molecule has 4 nitrogen and oxygen atoms in total. The van der Waals surface area contributed by atoms with Crippen molar-refractivity contribution >= 4 is 5.97 Å². The van der Waals surface area contributed by atoms with E-state index in [9.17, 15) is 4.79 Å². The molecule has 0 bridgehead atoms. The average molecular weight is 158 g/mol. The number of cyclic esters (lactones) is 1. The van der Waals surface area contributed by atoms with Gasteiger partial charge in [-0.05, 0) is 13.0 Å². The minimum Gasteiger partial charge on any atom is -0.452 e. The second kappa shape index (κ2) is 3.02. The van der Waals surface area contributed by atoms with Crippen LogP contribution < -0.4 is 0 Å². The fourth-order valence-corrected chi connectivity index (χ4v) is 0.859. The summed E-state index contributed by atoms with van der Waals surface area (Å²) in [4.78, 5) is 10.7. The first kappa shape index (κ1) is 8.23. The van der Waals surface area contributed by atoms with Crippen molar-refractivity contribution in [3.8, 4) is 0 Å². The van der Waals surface area contributed by atoms with Crippen molar-refractivity contribution in [3.05, 3.63) is 11.6 Å². The zero-order valence-electron chi connectivity index (χ0n) is 6.15. The van der Waals surface area contributed by atoms with E-state index >= 15 is 0 Å². The highest BCUT2D eigenvalue weighted by molar-refractivity contribution is 5.90. The van der Waals surface area contributed by atoms with E-state index in [1.54, 1.807) is 6.92 Å². The monoisotopic (exact) mass is 158 g/mol. The van der Waals surface area contributed by atoms with E-state index in [2.05, 4.69) is 4.74 Å². The van der Waals surface area contributed by atoms with Gasteiger partial charge in [0, 0.05) is 5.57 Å². The van der Waals surface area contributed by atoms with E-state index in [1.807, 2.05) is 0 Å². The third-order valence-electron chi connectivity index (χ3n) is 1.55. The number of esters is 1. The van der Waals surface area contributed by atoms with Gasteiger partial charge in [0.05, 0.1) is 6.61 Å². The number of hydrogen-bond acceptors (Lipinski definition) is 4. The molecule has 1 aliphatic heterocycles. The van der Waals surface area contributed by atoms with Gasteiger partial charge < -0.3 is 14.9 Å². The lowest BCUT2D eigenvalue weighted by Gasteiger charge is -2.12. The molecule has 4 heteroatoms. The Morgan fingerprint density at radius 2 is 2.45 bits per heavy atom. The minimum atomic E-state index is -1.00. The van der Waals surface area contributed by atoms with Crippen molar-refractivity contribution in [2.45, 2.75) is 19.1 Å². The van der Waals surface area contributed by atoms with E-state index in [0.717, 1.165) is 0 Å². The predicted molar refractivity (Wildman–Crippen MR) is 36.7 cm³/mol. The van der Waals surface area contributed by atoms with Gasteiger partial charge >= 0.3 is 5.97 Å². The lowest BCUT2D eigenvalue weighted by Crippen LogP contribution is -2.28. The molecule has 0 fully saturated rings. The number of hydrogen-bond donors (Lipinski definition) is 2. The maximum Gasteiger partial charge on any atom is 0.334 e. The molecular formula is C7H10O4. The first-order valence-corrected chi connectivity index (χ1v) is 3.33. The predicted octanol–water partition coefficient (Wildman–Crippen LogP) is -0.789. The molecule has 0 aromatic rings. The highest BCUT2D eigenvalue weighted by Gasteiger charge is 2.27. The maximum absolute atomic E-state index is 10.7. The Morgan fingerprint density at radius 1 is 1.82 bits per heavy atom. The third-order valence-corrected chi connectivity index (χ3v) is 1.55. The lowest BCUT2D eigenvalue weighted by atomic mass is 10.2. The molecule has 0 saturated carbocycles. The number of rotatable bonds is 2. The van der Waals surface area contributed by atoms with E-state index in [-0.39, 0.29) is 0 Å². The molecule has 2 atom stereocenters. The molecule has 0 aromatic heterocycles. The maximum atomic E-state index is 10.7. The van der Waals surface area contributed by atoms with Crippen LogP contribution in [0.5, 0.6) is 0 Å². The number of ether oxygens (including phenoxy) is 1. The van der Waals surface area contributed by atoms with Crippen molar-refractivity contribution in [2.24, 2.45) is 0 Å². The molecule has 62 valence electrons. The van der Waals surface area contributed by atoms with Gasteiger partial charge in [-0.1, -0.05) is 0 Å². The summed E-state index contributed by atoms with van der Waals surface area (Å²) in [6.45, 7) is 1.20. The van der Waals surface area contributed by atoms with Gasteiger partial charge in [0.15, 0.2) is 0 Å². The molecule has 0 aliphatic carbocycles. The Morgan fingerprint density at radius 3 is 2.82 bits per heavy atom. The van der Waals surface area contributed by atoms with Crippen molar-refractivity contribution in [1.82, 2.24) is 0 Å². The van der Waals surface area contributed by atoms with Gasteiger partial charge in [-0.3, -0.25) is 0 Å². The van der Waals surface area contributed by atoms with Crippen molar-refractivity contribution in [1.29, 1.82) is 0 Å². The van der Waals surface area contributed by atoms with Crippen LogP contribution in [0.2, 0.25) is 0 Å². The second-order valence-corrected chi connectivity index (χ2v) is 2.47. The van der Waals surface area contributed by atoms with Crippen LogP contribution in [-0.4, -0.2) is 35.0 Å². The van der Waals surface area contributed by atoms with E-state index < -0.39 is 24.8 Å². The molecule has 0 aromatic carbocycles. The Balaban J connectivity index is 2.60. The van der Waals surface area contributed by atoms with Crippen LogP contribution in [0.15, 0.2) is 11.6 Å². The van der Waals surface area contributed by atoms with Gasteiger partial charge in [-0.25, -0.2) is 4.79 Å². The fourth-order valence-electron chi connectivity index (χ4n) is 0.859. The van der Waals surface area contributed by atoms with Crippen LogP contribution in [0.1, 0.15) is 6.92 Å². The summed E-state index contributed by atoms with van der Waals surface area (Å²) in [6, 6.07) is 0. The van der Waals surface area contributed by atoms with Crippen LogP contribution in [0, 0.1) is 0 Å². The molecule has 1 heterocycles. The van der Waals surface area contributed by atoms with Crippen molar-refractivity contribution in [2.75, 3.05) is 6.61 Å². The quantitative estimate of drug-likeness (QED) is 0.517. The van der Waals surface area contributed by atoms with Crippen LogP contribution in [-0.2, 0) is 9.53 Å². The summed E-state index contributed by atoms with van der Waals surface area (Å²) >= 11 is 0. The molecule has 0 radical (unpaired) electrons. The Labute approximate surface area is 64.1 Å². The first-order valence-electron chi connectivity index (χ1n) is 3.33. The van der Waals surface area contributed by atoms with E-state index in [1.165, 1.54) is 6.08 Å². The second-order valence-electron chi connectivity index (χ2n) is 2.47. The SMILES string of the molecule is CC1=C[C@@H]([C@H](O)CO)OC1=O.